The first kappa shape index (κ1) is 16.3. The number of hydrogen-bond donors (Lipinski definition) is 0. The maximum absolute atomic E-state index is 12.9. The molecule has 2 saturated carbocycles. The zero-order valence-corrected chi connectivity index (χ0v) is 14.9. The maximum Gasteiger partial charge on any atom is 0.269 e. The highest BCUT2D eigenvalue weighted by atomic mass is 16.6. The van der Waals surface area contributed by atoms with Crippen LogP contribution in [0.25, 0.3) is 0 Å². The molecule has 2 amide bonds. The van der Waals surface area contributed by atoms with Crippen molar-refractivity contribution in [3.63, 3.8) is 0 Å². The third-order valence-electron chi connectivity index (χ3n) is 6.53. The van der Waals surface area contributed by atoms with Crippen molar-refractivity contribution >= 4 is 23.2 Å². The third-order valence-corrected chi connectivity index (χ3v) is 6.53. The number of nitro benzene ring substituents is 1. The Labute approximate surface area is 155 Å². The molecule has 9 nitrogen and oxygen atoms in total. The molecule has 3 fully saturated rings. The fourth-order valence-corrected chi connectivity index (χ4v) is 5.57. The number of benzene rings is 1. The van der Waals surface area contributed by atoms with Gasteiger partial charge in [-0.25, -0.2) is 5.01 Å². The van der Waals surface area contributed by atoms with Crippen LogP contribution in [-0.2, 0) is 9.59 Å². The Hall–Kier alpha value is -2.84. The molecule has 0 N–H and O–H groups in total. The number of rotatable bonds is 3. The summed E-state index contributed by atoms with van der Waals surface area (Å²) in [7, 11) is 0. The molecule has 27 heavy (non-hydrogen) atoms. The van der Waals surface area contributed by atoms with Crippen LogP contribution in [0.3, 0.4) is 0 Å². The van der Waals surface area contributed by atoms with Crippen LogP contribution >= 0.6 is 0 Å². The molecule has 1 aromatic rings. The number of nitro groups is 1. The maximum atomic E-state index is 12.9. The van der Waals surface area contributed by atoms with Gasteiger partial charge in [-0.2, -0.15) is 5.11 Å². The zero-order valence-electron chi connectivity index (χ0n) is 14.9. The average molecular weight is 369 g/mol. The monoisotopic (exact) mass is 369 g/mol. The van der Waals surface area contributed by atoms with Crippen LogP contribution in [-0.4, -0.2) is 39.8 Å². The molecule has 0 unspecified atom stereocenters. The standard InChI is InChI=1S/C18H19N5O4/c1-8(2)21-17(24)13-11-7-12(14(13)18(21)25)16-15(11)19-20-22(16)9-3-5-10(6-4-9)23(26)27/h3-6,8,11-16H,7H2,1-2H3/t11-,12-,13+,14-,15+,16+/m0/s1. The minimum Gasteiger partial charge on any atom is -0.280 e. The van der Waals surface area contributed by atoms with E-state index >= 15 is 0 Å². The Morgan fingerprint density at radius 3 is 2.33 bits per heavy atom. The Bertz CT molecular complexity index is 882. The van der Waals surface area contributed by atoms with Crippen LogP contribution in [0.2, 0.25) is 0 Å². The zero-order chi connectivity index (χ0) is 19.0. The van der Waals surface area contributed by atoms with Crippen molar-refractivity contribution in [2.45, 2.75) is 38.4 Å². The molecule has 140 valence electrons. The van der Waals surface area contributed by atoms with Crippen LogP contribution in [0.1, 0.15) is 20.3 Å². The van der Waals surface area contributed by atoms with Gasteiger partial charge in [-0.3, -0.25) is 24.6 Å². The number of amides is 2. The van der Waals surface area contributed by atoms with Gasteiger partial charge in [0.25, 0.3) is 5.69 Å². The molecular weight excluding hydrogens is 350 g/mol. The molecule has 2 aliphatic carbocycles. The number of imide groups is 1. The summed E-state index contributed by atoms with van der Waals surface area (Å²) < 4.78 is 0. The van der Waals surface area contributed by atoms with Crippen LogP contribution < -0.4 is 5.01 Å². The molecular formula is C18H19N5O4. The minimum absolute atomic E-state index is 0.0172. The van der Waals surface area contributed by atoms with Gasteiger partial charge in [0.05, 0.1) is 34.5 Å². The van der Waals surface area contributed by atoms with Gasteiger partial charge in [-0.1, -0.05) is 5.22 Å². The van der Waals surface area contributed by atoms with E-state index in [1.165, 1.54) is 17.0 Å². The van der Waals surface area contributed by atoms with Gasteiger partial charge in [0, 0.05) is 18.2 Å². The van der Waals surface area contributed by atoms with E-state index in [0.29, 0.717) is 0 Å². The Balaban J connectivity index is 1.46. The number of carbonyl (C=O) groups is 2. The van der Waals surface area contributed by atoms with E-state index in [9.17, 15) is 19.7 Å². The average Bonchev–Trinajstić information content (AvgIpc) is 3.35. The topological polar surface area (TPSA) is 108 Å². The van der Waals surface area contributed by atoms with Gasteiger partial charge in [0.1, 0.15) is 0 Å². The Kier molecular flexibility index (Phi) is 3.23. The molecule has 0 radical (unpaired) electrons. The molecule has 6 atom stereocenters. The van der Waals surface area contributed by atoms with E-state index in [4.69, 9.17) is 0 Å². The van der Waals surface area contributed by atoms with Crippen molar-refractivity contribution in [1.82, 2.24) is 4.90 Å². The number of hydrogen-bond acceptors (Lipinski definition) is 7. The number of anilines is 1. The van der Waals surface area contributed by atoms with Gasteiger partial charge in [0.2, 0.25) is 11.8 Å². The quantitative estimate of drug-likeness (QED) is 0.461. The van der Waals surface area contributed by atoms with E-state index in [1.54, 1.807) is 17.1 Å². The fourth-order valence-electron chi connectivity index (χ4n) is 5.57. The first-order valence-electron chi connectivity index (χ1n) is 9.21. The highest BCUT2D eigenvalue weighted by Gasteiger charge is 2.70. The summed E-state index contributed by atoms with van der Waals surface area (Å²) >= 11 is 0. The molecule has 0 aromatic heterocycles. The normalized spacial score (nSPS) is 36.1. The summed E-state index contributed by atoms with van der Waals surface area (Å²) in [5, 5.41) is 21.4. The number of nitrogens with zero attached hydrogens (tertiary/aromatic N) is 5. The van der Waals surface area contributed by atoms with Crippen molar-refractivity contribution < 1.29 is 14.5 Å². The summed E-state index contributed by atoms with van der Waals surface area (Å²) in [6, 6.07) is 5.90. The molecule has 2 bridgehead atoms. The Morgan fingerprint density at radius 2 is 1.74 bits per heavy atom. The van der Waals surface area contributed by atoms with Gasteiger partial charge in [-0.15, -0.1) is 0 Å². The summed E-state index contributed by atoms with van der Waals surface area (Å²) in [6.07, 6.45) is 0.802. The van der Waals surface area contributed by atoms with E-state index in [0.717, 1.165) is 12.1 Å². The predicted molar refractivity (Wildman–Crippen MR) is 93.6 cm³/mol. The smallest absolute Gasteiger partial charge is 0.269 e. The van der Waals surface area contributed by atoms with Gasteiger partial charge < -0.3 is 0 Å². The van der Waals surface area contributed by atoms with Crippen molar-refractivity contribution in [2.24, 2.45) is 34.0 Å². The van der Waals surface area contributed by atoms with Gasteiger partial charge in [0.15, 0.2) is 0 Å². The molecule has 2 aliphatic heterocycles. The molecule has 4 aliphatic rings. The van der Waals surface area contributed by atoms with Crippen LogP contribution in [0.5, 0.6) is 0 Å². The number of likely N-dealkylation sites (tertiary alicyclic amines) is 1. The fraction of sp³-hybridized carbons (Fsp3) is 0.556. The van der Waals surface area contributed by atoms with E-state index in [-0.39, 0.29) is 59.3 Å². The van der Waals surface area contributed by atoms with E-state index in [2.05, 4.69) is 10.3 Å². The number of non-ortho nitro benzene ring substituents is 1. The number of carbonyl (C=O) groups excluding carboxylic acids is 2. The molecule has 1 aromatic carbocycles. The van der Waals surface area contributed by atoms with Gasteiger partial charge >= 0.3 is 0 Å². The lowest BCUT2D eigenvalue weighted by Gasteiger charge is -2.33. The highest BCUT2D eigenvalue weighted by molar-refractivity contribution is 6.06. The van der Waals surface area contributed by atoms with Crippen LogP contribution in [0, 0.1) is 33.8 Å². The lowest BCUT2D eigenvalue weighted by Crippen LogP contribution is -2.47. The van der Waals surface area contributed by atoms with Crippen molar-refractivity contribution in [3.8, 4) is 0 Å². The summed E-state index contributed by atoms with van der Waals surface area (Å²) in [5.41, 5.74) is 0.738. The molecule has 0 spiro atoms. The van der Waals surface area contributed by atoms with Crippen molar-refractivity contribution in [2.75, 3.05) is 5.01 Å². The highest BCUT2D eigenvalue weighted by Crippen LogP contribution is 2.60. The minimum atomic E-state index is -0.441. The van der Waals surface area contributed by atoms with E-state index < -0.39 is 4.92 Å². The van der Waals surface area contributed by atoms with Crippen molar-refractivity contribution in [1.29, 1.82) is 0 Å². The molecule has 5 rings (SSSR count). The first-order valence-corrected chi connectivity index (χ1v) is 9.21. The molecule has 2 heterocycles. The van der Waals surface area contributed by atoms with Crippen LogP contribution in [0.4, 0.5) is 11.4 Å². The summed E-state index contributed by atoms with van der Waals surface area (Å²) in [6.45, 7) is 3.73. The molecule has 9 heteroatoms. The number of fused-ring (bicyclic) bond motifs is 8. The Morgan fingerprint density at radius 1 is 1.11 bits per heavy atom. The predicted octanol–water partition coefficient (Wildman–Crippen LogP) is 2.18. The second-order valence-electron chi connectivity index (χ2n) is 8.06. The van der Waals surface area contributed by atoms with E-state index in [1.807, 2.05) is 13.8 Å². The first-order chi connectivity index (χ1) is 12.9. The SMILES string of the molecule is CC(C)N1C(=O)[C@@H]2[C@@H]3C[C@@H]([C@@H]2C1=O)[C@@H]1[C@@H]3N=NN1c1ccc([N+](=O)[O-])cc1. The van der Waals surface area contributed by atoms with Gasteiger partial charge in [-0.05, 0) is 44.2 Å². The largest absolute Gasteiger partial charge is 0.280 e. The summed E-state index contributed by atoms with van der Waals surface area (Å²) in [4.78, 5) is 37.6. The second-order valence-corrected chi connectivity index (χ2v) is 8.06. The lowest BCUT2D eigenvalue weighted by atomic mass is 9.76. The van der Waals surface area contributed by atoms with Crippen molar-refractivity contribution in [3.05, 3.63) is 34.4 Å². The lowest BCUT2D eigenvalue weighted by molar-refractivity contribution is -0.384. The van der Waals surface area contributed by atoms with Crippen LogP contribution in [0.15, 0.2) is 34.6 Å². The third kappa shape index (κ3) is 1.99. The summed E-state index contributed by atoms with van der Waals surface area (Å²) in [5.74, 6) is -0.638. The second kappa shape index (κ2) is 5.34. The molecule has 1 saturated heterocycles.